The summed E-state index contributed by atoms with van der Waals surface area (Å²) in [6, 6.07) is 6.59. The predicted octanol–water partition coefficient (Wildman–Crippen LogP) is 0.993. The van der Waals surface area contributed by atoms with Crippen molar-refractivity contribution in [3.63, 3.8) is 0 Å². The van der Waals surface area contributed by atoms with E-state index in [1.54, 1.807) is 24.3 Å². The third-order valence-corrected chi connectivity index (χ3v) is 4.82. The van der Waals surface area contributed by atoms with Crippen LogP contribution in [0.25, 0.3) is 0 Å². The fraction of sp³-hybridized carbons (Fsp3) is 0.538. The van der Waals surface area contributed by atoms with Crippen molar-refractivity contribution in [2.24, 2.45) is 5.73 Å². The van der Waals surface area contributed by atoms with Gasteiger partial charge in [-0.3, -0.25) is 0 Å². The molecular weight excluding hydrogens is 264 g/mol. The first-order chi connectivity index (χ1) is 8.95. The molecule has 1 aliphatic heterocycles. The van der Waals surface area contributed by atoms with Gasteiger partial charge < -0.3 is 10.5 Å². The minimum absolute atomic E-state index is 0.256. The molecule has 1 aromatic rings. The van der Waals surface area contributed by atoms with E-state index in [1.165, 1.54) is 0 Å². The quantitative estimate of drug-likeness (QED) is 0.845. The molecule has 3 N–H and O–H groups in total. The smallest absolute Gasteiger partial charge is 0.240 e. The van der Waals surface area contributed by atoms with Gasteiger partial charge in [0.05, 0.1) is 10.5 Å². The molecule has 19 heavy (non-hydrogen) atoms. The first-order valence-electron chi connectivity index (χ1n) is 6.38. The third kappa shape index (κ3) is 3.54. The lowest BCUT2D eigenvalue weighted by Crippen LogP contribution is -2.40. The molecule has 0 aliphatic carbocycles. The highest BCUT2D eigenvalue weighted by molar-refractivity contribution is 7.89. The van der Waals surface area contributed by atoms with Crippen LogP contribution in [0.2, 0.25) is 0 Å². The molecule has 1 saturated heterocycles. The van der Waals surface area contributed by atoms with Crippen LogP contribution >= 0.6 is 0 Å². The van der Waals surface area contributed by atoms with E-state index in [0.29, 0.717) is 19.7 Å². The molecule has 1 heterocycles. The van der Waals surface area contributed by atoms with Crippen molar-refractivity contribution >= 4 is 10.0 Å². The Labute approximate surface area is 114 Å². The largest absolute Gasteiger partial charge is 0.374 e. The monoisotopic (exact) mass is 284 g/mol. The fourth-order valence-corrected chi connectivity index (χ4v) is 3.27. The van der Waals surface area contributed by atoms with Gasteiger partial charge in [-0.1, -0.05) is 12.1 Å². The van der Waals surface area contributed by atoms with Crippen LogP contribution in [0, 0.1) is 0 Å². The molecule has 0 spiro atoms. The molecule has 1 aliphatic rings. The van der Waals surface area contributed by atoms with E-state index >= 15 is 0 Å². The fourth-order valence-electron chi connectivity index (χ4n) is 2.11. The zero-order valence-electron chi connectivity index (χ0n) is 11.1. The Morgan fingerprint density at radius 3 is 2.58 bits per heavy atom. The van der Waals surface area contributed by atoms with E-state index in [4.69, 9.17) is 10.5 Å². The number of nitrogens with two attached hydrogens (primary N) is 1. The standard InChI is InChI=1S/C13H20N2O3S/c1-13(7-2-8-18-13)10-15-19(16,17)12-5-3-11(9-14)4-6-12/h3-6,15H,2,7-10,14H2,1H3. The van der Waals surface area contributed by atoms with Crippen LogP contribution in [-0.2, 0) is 21.3 Å². The number of benzene rings is 1. The van der Waals surface area contributed by atoms with Crippen LogP contribution in [-0.4, -0.2) is 27.2 Å². The SMILES string of the molecule is CC1(CNS(=O)(=O)c2ccc(CN)cc2)CCCO1. The molecule has 2 rings (SSSR count). The van der Waals surface area contributed by atoms with Crippen molar-refractivity contribution in [3.8, 4) is 0 Å². The topological polar surface area (TPSA) is 81.4 Å². The Morgan fingerprint density at radius 2 is 2.05 bits per heavy atom. The van der Waals surface area contributed by atoms with Crippen molar-refractivity contribution in [2.75, 3.05) is 13.2 Å². The lowest BCUT2D eigenvalue weighted by molar-refractivity contribution is 0.0250. The third-order valence-electron chi connectivity index (χ3n) is 3.41. The van der Waals surface area contributed by atoms with Crippen LogP contribution in [0.1, 0.15) is 25.3 Å². The maximum Gasteiger partial charge on any atom is 0.240 e. The van der Waals surface area contributed by atoms with Crippen molar-refractivity contribution in [1.29, 1.82) is 0 Å². The second-order valence-corrected chi connectivity index (χ2v) is 6.84. The first kappa shape index (κ1) is 14.5. The van der Waals surface area contributed by atoms with E-state index in [9.17, 15) is 8.42 Å². The highest BCUT2D eigenvalue weighted by Crippen LogP contribution is 2.24. The summed E-state index contributed by atoms with van der Waals surface area (Å²) in [6.45, 7) is 3.33. The molecule has 1 unspecified atom stereocenters. The van der Waals surface area contributed by atoms with Crippen molar-refractivity contribution in [2.45, 2.75) is 36.8 Å². The molecule has 1 atom stereocenters. The van der Waals surface area contributed by atoms with Crippen LogP contribution in [0.5, 0.6) is 0 Å². The summed E-state index contributed by atoms with van der Waals surface area (Å²) < 4.78 is 32.4. The molecule has 0 bridgehead atoms. The van der Waals surface area contributed by atoms with E-state index < -0.39 is 10.0 Å². The van der Waals surface area contributed by atoms with Crippen molar-refractivity contribution < 1.29 is 13.2 Å². The number of ether oxygens (including phenoxy) is 1. The Balaban J connectivity index is 2.05. The number of hydrogen-bond donors (Lipinski definition) is 2. The van der Waals surface area contributed by atoms with Gasteiger partial charge >= 0.3 is 0 Å². The minimum atomic E-state index is -3.48. The maximum atomic E-state index is 12.1. The first-order valence-corrected chi connectivity index (χ1v) is 7.86. The summed E-state index contributed by atoms with van der Waals surface area (Å²) >= 11 is 0. The van der Waals surface area contributed by atoms with Gasteiger partial charge in [-0.2, -0.15) is 0 Å². The Morgan fingerprint density at radius 1 is 1.37 bits per heavy atom. The zero-order chi connectivity index (χ0) is 13.9. The van der Waals surface area contributed by atoms with Crippen molar-refractivity contribution in [1.82, 2.24) is 4.72 Å². The molecule has 0 radical (unpaired) electrons. The highest BCUT2D eigenvalue weighted by atomic mass is 32.2. The maximum absolute atomic E-state index is 12.1. The summed E-state index contributed by atoms with van der Waals surface area (Å²) in [7, 11) is -3.48. The molecule has 1 fully saturated rings. The van der Waals surface area contributed by atoms with Gasteiger partial charge in [0.15, 0.2) is 0 Å². The van der Waals surface area contributed by atoms with Crippen LogP contribution in [0.3, 0.4) is 0 Å². The van der Waals surface area contributed by atoms with Gasteiger partial charge in [0, 0.05) is 19.7 Å². The van der Waals surface area contributed by atoms with Gasteiger partial charge in [-0.05, 0) is 37.5 Å². The summed E-state index contributed by atoms with van der Waals surface area (Å²) in [4.78, 5) is 0.256. The summed E-state index contributed by atoms with van der Waals surface area (Å²) in [5, 5.41) is 0. The number of sulfonamides is 1. The molecule has 1 aromatic carbocycles. The summed E-state index contributed by atoms with van der Waals surface area (Å²) in [6.07, 6.45) is 1.85. The van der Waals surface area contributed by atoms with Crippen LogP contribution in [0.15, 0.2) is 29.2 Å². The molecule has 5 nitrogen and oxygen atoms in total. The zero-order valence-corrected chi connectivity index (χ0v) is 11.9. The predicted molar refractivity (Wildman–Crippen MR) is 73.1 cm³/mol. The van der Waals surface area contributed by atoms with E-state index in [2.05, 4.69) is 4.72 Å². The summed E-state index contributed by atoms with van der Waals surface area (Å²) in [5.41, 5.74) is 6.01. The van der Waals surface area contributed by atoms with E-state index in [1.807, 2.05) is 6.92 Å². The lowest BCUT2D eigenvalue weighted by Gasteiger charge is -2.23. The average molecular weight is 284 g/mol. The van der Waals surface area contributed by atoms with Crippen LogP contribution < -0.4 is 10.5 Å². The highest BCUT2D eigenvalue weighted by Gasteiger charge is 2.31. The van der Waals surface area contributed by atoms with E-state index in [0.717, 1.165) is 18.4 Å². The van der Waals surface area contributed by atoms with Crippen LogP contribution in [0.4, 0.5) is 0 Å². The van der Waals surface area contributed by atoms with E-state index in [-0.39, 0.29) is 10.5 Å². The average Bonchev–Trinajstić information content (AvgIpc) is 2.84. The van der Waals surface area contributed by atoms with Gasteiger partial charge in [0.1, 0.15) is 0 Å². The van der Waals surface area contributed by atoms with Crippen molar-refractivity contribution in [3.05, 3.63) is 29.8 Å². The Hall–Kier alpha value is -0.950. The molecule has 106 valence electrons. The van der Waals surface area contributed by atoms with Gasteiger partial charge in [-0.25, -0.2) is 13.1 Å². The number of rotatable bonds is 5. The molecule has 6 heteroatoms. The normalized spacial score (nSPS) is 23.7. The summed E-state index contributed by atoms with van der Waals surface area (Å²) in [5.74, 6) is 0. The molecule has 0 amide bonds. The number of nitrogens with one attached hydrogen (secondary N) is 1. The van der Waals surface area contributed by atoms with Gasteiger partial charge in [-0.15, -0.1) is 0 Å². The number of hydrogen-bond acceptors (Lipinski definition) is 4. The molecular formula is C13H20N2O3S. The van der Waals surface area contributed by atoms with Gasteiger partial charge in [0.2, 0.25) is 10.0 Å². The second-order valence-electron chi connectivity index (χ2n) is 5.07. The minimum Gasteiger partial charge on any atom is -0.374 e. The Kier molecular flexibility index (Phi) is 4.25. The lowest BCUT2D eigenvalue weighted by atomic mass is 10.0. The molecule has 0 saturated carbocycles. The van der Waals surface area contributed by atoms with Gasteiger partial charge in [0.25, 0.3) is 0 Å². The molecule has 0 aromatic heterocycles. The second kappa shape index (κ2) is 5.58. The Bertz CT molecular complexity index is 519.